The van der Waals surface area contributed by atoms with E-state index in [9.17, 15) is 18.4 Å². The van der Waals surface area contributed by atoms with Gasteiger partial charge >= 0.3 is 0 Å². The van der Waals surface area contributed by atoms with E-state index in [1.807, 2.05) is 18.2 Å². The number of ether oxygens (including phenoxy) is 1. The van der Waals surface area contributed by atoms with Gasteiger partial charge in [-0.1, -0.05) is 18.2 Å². The lowest BCUT2D eigenvalue weighted by molar-refractivity contribution is -0.137. The van der Waals surface area contributed by atoms with Crippen LogP contribution in [0.4, 0.5) is 8.78 Å². The SMILES string of the molecule is NCC(F)(F)CNC(=O)C1CCN(C(=O)COc2ccccc2)CC1. The average molecular weight is 355 g/mol. The van der Waals surface area contributed by atoms with Crippen LogP contribution < -0.4 is 15.8 Å². The summed E-state index contributed by atoms with van der Waals surface area (Å²) in [5.41, 5.74) is 4.94. The second-order valence-corrected chi connectivity index (χ2v) is 6.03. The molecule has 25 heavy (non-hydrogen) atoms. The van der Waals surface area contributed by atoms with Crippen LogP contribution in [0.2, 0.25) is 0 Å². The standard InChI is InChI=1S/C17H23F2N3O3/c18-17(19,11-20)12-21-16(24)13-6-8-22(9-7-13)15(23)10-25-14-4-2-1-3-5-14/h1-5,13H,6-12,20H2,(H,21,24). The van der Waals surface area contributed by atoms with Crippen LogP contribution >= 0.6 is 0 Å². The Morgan fingerprint density at radius 1 is 1.24 bits per heavy atom. The largest absolute Gasteiger partial charge is 0.484 e. The maximum atomic E-state index is 13.1. The predicted molar refractivity (Wildman–Crippen MR) is 88.3 cm³/mol. The van der Waals surface area contributed by atoms with Crippen LogP contribution in [0.5, 0.6) is 5.75 Å². The smallest absolute Gasteiger partial charge is 0.277 e. The molecule has 1 aromatic rings. The van der Waals surface area contributed by atoms with Crippen molar-refractivity contribution in [1.29, 1.82) is 0 Å². The van der Waals surface area contributed by atoms with Crippen LogP contribution in [0.15, 0.2) is 30.3 Å². The first kappa shape index (κ1) is 19.1. The highest BCUT2D eigenvalue weighted by Gasteiger charge is 2.31. The van der Waals surface area contributed by atoms with E-state index >= 15 is 0 Å². The zero-order valence-corrected chi connectivity index (χ0v) is 13.9. The number of carbonyl (C=O) groups excluding carboxylic acids is 2. The summed E-state index contributed by atoms with van der Waals surface area (Å²) < 4.78 is 31.6. The van der Waals surface area contributed by atoms with Crippen molar-refractivity contribution in [3.05, 3.63) is 30.3 Å². The number of amides is 2. The van der Waals surface area contributed by atoms with Gasteiger partial charge in [-0.3, -0.25) is 9.59 Å². The van der Waals surface area contributed by atoms with E-state index in [1.165, 1.54) is 0 Å². The molecule has 0 radical (unpaired) electrons. The van der Waals surface area contributed by atoms with E-state index in [4.69, 9.17) is 10.5 Å². The van der Waals surface area contributed by atoms with Gasteiger partial charge in [-0.25, -0.2) is 8.78 Å². The fourth-order valence-corrected chi connectivity index (χ4v) is 2.58. The van der Waals surface area contributed by atoms with Crippen molar-refractivity contribution in [2.24, 2.45) is 11.7 Å². The molecule has 1 aliphatic rings. The molecule has 1 fully saturated rings. The van der Waals surface area contributed by atoms with Crippen molar-refractivity contribution in [2.45, 2.75) is 18.8 Å². The number of piperidine rings is 1. The van der Waals surface area contributed by atoms with Gasteiger partial charge in [0, 0.05) is 19.0 Å². The number of hydrogen-bond acceptors (Lipinski definition) is 4. The number of hydrogen-bond donors (Lipinski definition) is 2. The number of para-hydroxylation sites is 1. The molecule has 0 aliphatic carbocycles. The fraction of sp³-hybridized carbons (Fsp3) is 0.529. The lowest BCUT2D eigenvalue weighted by atomic mass is 9.96. The summed E-state index contributed by atoms with van der Waals surface area (Å²) >= 11 is 0. The molecule has 3 N–H and O–H groups in total. The van der Waals surface area contributed by atoms with Crippen LogP contribution in [0, 0.1) is 5.92 Å². The van der Waals surface area contributed by atoms with Crippen LogP contribution in [0.3, 0.4) is 0 Å². The number of carbonyl (C=O) groups is 2. The predicted octanol–water partition coefficient (Wildman–Crippen LogP) is 1.01. The van der Waals surface area contributed by atoms with Gasteiger partial charge in [0.2, 0.25) is 5.91 Å². The van der Waals surface area contributed by atoms with Crippen LogP contribution in [0.1, 0.15) is 12.8 Å². The Morgan fingerprint density at radius 3 is 2.48 bits per heavy atom. The minimum atomic E-state index is -3.10. The maximum absolute atomic E-state index is 13.1. The monoisotopic (exact) mass is 355 g/mol. The van der Waals surface area contributed by atoms with Crippen molar-refractivity contribution in [2.75, 3.05) is 32.8 Å². The molecule has 0 unspecified atom stereocenters. The van der Waals surface area contributed by atoms with Crippen LogP contribution in [-0.2, 0) is 9.59 Å². The molecular weight excluding hydrogens is 332 g/mol. The van der Waals surface area contributed by atoms with Gasteiger partial charge in [0.15, 0.2) is 6.61 Å². The Morgan fingerprint density at radius 2 is 1.88 bits per heavy atom. The number of nitrogens with one attached hydrogen (secondary N) is 1. The highest BCUT2D eigenvalue weighted by Crippen LogP contribution is 2.18. The number of nitrogens with zero attached hydrogens (tertiary/aromatic N) is 1. The van der Waals surface area contributed by atoms with Crippen LogP contribution in [0.25, 0.3) is 0 Å². The highest BCUT2D eigenvalue weighted by molar-refractivity contribution is 5.80. The Hall–Kier alpha value is -2.22. The van der Waals surface area contributed by atoms with Crippen molar-refractivity contribution >= 4 is 11.8 Å². The summed E-state index contributed by atoms with van der Waals surface area (Å²) in [6.07, 6.45) is 0.883. The topological polar surface area (TPSA) is 84.7 Å². The van der Waals surface area contributed by atoms with Crippen LogP contribution in [-0.4, -0.2) is 55.4 Å². The molecule has 138 valence electrons. The Labute approximate surface area is 145 Å². The number of benzene rings is 1. The van der Waals surface area contributed by atoms with E-state index in [0.717, 1.165) is 0 Å². The third-order valence-corrected chi connectivity index (χ3v) is 4.14. The van der Waals surface area contributed by atoms with Crippen molar-refractivity contribution < 1.29 is 23.1 Å². The highest BCUT2D eigenvalue weighted by atomic mass is 19.3. The van der Waals surface area contributed by atoms with Crippen molar-refractivity contribution in [3.8, 4) is 5.75 Å². The summed E-state index contributed by atoms with van der Waals surface area (Å²) in [5, 5.41) is 2.24. The number of nitrogens with two attached hydrogens (primary N) is 1. The third-order valence-electron chi connectivity index (χ3n) is 4.14. The molecule has 8 heteroatoms. The molecule has 1 aliphatic heterocycles. The molecule has 1 saturated heterocycles. The Kier molecular flexibility index (Phi) is 6.69. The normalized spacial score (nSPS) is 15.7. The summed E-state index contributed by atoms with van der Waals surface area (Å²) in [4.78, 5) is 25.7. The van der Waals surface area contributed by atoms with E-state index in [-0.39, 0.29) is 18.4 Å². The number of rotatable bonds is 7. The number of likely N-dealkylation sites (tertiary alicyclic amines) is 1. The lowest BCUT2D eigenvalue weighted by Gasteiger charge is -2.31. The minimum Gasteiger partial charge on any atom is -0.484 e. The van der Waals surface area contributed by atoms with E-state index in [1.54, 1.807) is 17.0 Å². The first-order valence-corrected chi connectivity index (χ1v) is 8.22. The van der Waals surface area contributed by atoms with Gasteiger partial charge in [-0.05, 0) is 25.0 Å². The molecule has 1 heterocycles. The molecule has 0 aromatic heterocycles. The molecular formula is C17H23F2N3O3. The number of alkyl halides is 2. The molecule has 2 amide bonds. The quantitative estimate of drug-likeness (QED) is 0.765. The Bertz CT molecular complexity index is 576. The first-order chi connectivity index (χ1) is 11.9. The molecule has 6 nitrogen and oxygen atoms in total. The van der Waals surface area contributed by atoms with E-state index in [2.05, 4.69) is 5.32 Å². The summed E-state index contributed by atoms with van der Waals surface area (Å²) in [7, 11) is 0. The van der Waals surface area contributed by atoms with Gasteiger partial charge in [0.1, 0.15) is 5.75 Å². The summed E-state index contributed by atoms with van der Waals surface area (Å²) in [6, 6.07) is 9.02. The Balaban J connectivity index is 1.71. The molecule has 0 atom stereocenters. The summed E-state index contributed by atoms with van der Waals surface area (Å²) in [5.74, 6) is -3.42. The van der Waals surface area contributed by atoms with Gasteiger partial charge in [0.05, 0.1) is 13.1 Å². The number of halogens is 2. The maximum Gasteiger partial charge on any atom is 0.277 e. The third kappa shape index (κ3) is 5.97. The van der Waals surface area contributed by atoms with Gasteiger partial charge in [0.25, 0.3) is 11.8 Å². The van der Waals surface area contributed by atoms with E-state index < -0.39 is 24.9 Å². The molecule has 0 saturated carbocycles. The first-order valence-electron chi connectivity index (χ1n) is 8.22. The lowest BCUT2D eigenvalue weighted by Crippen LogP contribution is -2.47. The summed E-state index contributed by atoms with van der Waals surface area (Å²) in [6.45, 7) is -0.817. The van der Waals surface area contributed by atoms with Gasteiger partial charge in [-0.2, -0.15) is 0 Å². The van der Waals surface area contributed by atoms with Crippen molar-refractivity contribution in [1.82, 2.24) is 10.2 Å². The second-order valence-electron chi connectivity index (χ2n) is 6.03. The zero-order chi connectivity index (χ0) is 18.3. The molecule has 2 rings (SSSR count). The second kappa shape index (κ2) is 8.75. The zero-order valence-electron chi connectivity index (χ0n) is 13.9. The van der Waals surface area contributed by atoms with E-state index in [0.29, 0.717) is 31.7 Å². The molecule has 0 bridgehead atoms. The van der Waals surface area contributed by atoms with Crippen molar-refractivity contribution in [3.63, 3.8) is 0 Å². The molecule has 0 spiro atoms. The van der Waals surface area contributed by atoms with Gasteiger partial charge in [-0.15, -0.1) is 0 Å². The fourth-order valence-electron chi connectivity index (χ4n) is 2.58. The average Bonchev–Trinajstić information content (AvgIpc) is 2.65. The van der Waals surface area contributed by atoms with Gasteiger partial charge < -0.3 is 20.7 Å². The minimum absolute atomic E-state index is 0.0659. The molecule has 1 aromatic carbocycles.